The number of carbonyl (C=O) groups excluding carboxylic acids is 3. The van der Waals surface area contributed by atoms with Crippen molar-refractivity contribution in [1.82, 2.24) is 39.3 Å². The lowest BCUT2D eigenvalue weighted by Gasteiger charge is -2.36. The first-order valence-corrected chi connectivity index (χ1v) is 16.3. The van der Waals surface area contributed by atoms with Crippen LogP contribution >= 0.6 is 11.3 Å². The molecule has 6 rings (SSSR count). The van der Waals surface area contributed by atoms with E-state index in [4.69, 9.17) is 4.98 Å². The molecule has 1 fully saturated rings. The standard InChI is InChI=1S/C32H38N8O4S/c1-20-21(2)45-32-33-19-24(31(44)40(20)32)30(43)37-14-9-13-27(41)38-15-8-7-12-26(38)29(42)35-25(18-23-10-5-4-6-11-23)28-34-22(3)36-39(28)17-16-37/h4-6,10-11,19,25-26H,7-9,12-18H2,1-3H3,(H,35,42)/t25-,26+/m1/s1. The molecule has 4 aromatic rings. The maximum absolute atomic E-state index is 14.0. The maximum atomic E-state index is 14.0. The summed E-state index contributed by atoms with van der Waals surface area (Å²) in [6, 6.07) is 8.78. The Kier molecular flexibility index (Phi) is 8.79. The van der Waals surface area contributed by atoms with Gasteiger partial charge in [-0.05, 0) is 58.4 Å². The summed E-state index contributed by atoms with van der Waals surface area (Å²) in [5.74, 6) is 0.395. The highest BCUT2D eigenvalue weighted by atomic mass is 32.1. The summed E-state index contributed by atoms with van der Waals surface area (Å²) in [6.07, 6.45) is 4.71. The lowest BCUT2D eigenvalue weighted by Crippen LogP contribution is -2.53. The van der Waals surface area contributed by atoms with Gasteiger partial charge in [0.2, 0.25) is 11.8 Å². The molecule has 12 nitrogen and oxygen atoms in total. The number of nitrogens with zero attached hydrogens (tertiary/aromatic N) is 7. The smallest absolute Gasteiger partial charge is 0.271 e. The van der Waals surface area contributed by atoms with Crippen LogP contribution in [0.25, 0.3) is 4.96 Å². The summed E-state index contributed by atoms with van der Waals surface area (Å²) >= 11 is 1.41. The Morgan fingerprint density at radius 2 is 1.80 bits per heavy atom. The van der Waals surface area contributed by atoms with Crippen LogP contribution in [0, 0.1) is 20.8 Å². The van der Waals surface area contributed by atoms with Gasteiger partial charge < -0.3 is 15.1 Å². The molecule has 2 atom stereocenters. The molecular formula is C32H38N8O4S. The number of rotatable bonds is 3. The highest BCUT2D eigenvalue weighted by Gasteiger charge is 2.35. The van der Waals surface area contributed by atoms with Gasteiger partial charge in [-0.1, -0.05) is 30.3 Å². The van der Waals surface area contributed by atoms with E-state index >= 15 is 0 Å². The van der Waals surface area contributed by atoms with Crippen molar-refractivity contribution in [3.05, 3.63) is 80.2 Å². The van der Waals surface area contributed by atoms with Crippen LogP contribution in [0.2, 0.25) is 0 Å². The van der Waals surface area contributed by atoms with Crippen molar-refractivity contribution in [2.45, 2.75) is 77.9 Å². The largest absolute Gasteiger partial charge is 0.344 e. The first-order valence-electron chi connectivity index (χ1n) is 15.5. The normalized spacial score (nSPS) is 20.0. The number of aryl methyl sites for hydroxylation is 3. The molecule has 236 valence electrons. The van der Waals surface area contributed by atoms with E-state index in [1.807, 2.05) is 44.2 Å². The minimum Gasteiger partial charge on any atom is -0.344 e. The Morgan fingerprint density at radius 3 is 2.60 bits per heavy atom. The average Bonchev–Trinajstić information content (AvgIpc) is 3.56. The second-order valence-corrected chi connectivity index (χ2v) is 13.0. The monoisotopic (exact) mass is 630 g/mol. The fourth-order valence-electron chi connectivity index (χ4n) is 6.31. The third-order valence-electron chi connectivity index (χ3n) is 8.78. The van der Waals surface area contributed by atoms with Crippen molar-refractivity contribution < 1.29 is 14.4 Å². The third-order valence-corrected chi connectivity index (χ3v) is 9.85. The van der Waals surface area contributed by atoms with Crippen LogP contribution in [0.15, 0.2) is 41.3 Å². The van der Waals surface area contributed by atoms with Crippen LogP contribution < -0.4 is 10.9 Å². The summed E-state index contributed by atoms with van der Waals surface area (Å²) in [5.41, 5.74) is 1.37. The van der Waals surface area contributed by atoms with Crippen LogP contribution in [0.1, 0.15) is 76.3 Å². The number of carbonyl (C=O) groups is 3. The summed E-state index contributed by atoms with van der Waals surface area (Å²) in [4.78, 5) is 68.7. The molecule has 5 heterocycles. The number of amides is 3. The van der Waals surface area contributed by atoms with Crippen LogP contribution in [-0.4, -0.2) is 77.3 Å². The fraction of sp³-hybridized carbons (Fsp3) is 0.469. The van der Waals surface area contributed by atoms with Crippen LogP contribution in [-0.2, 0) is 22.6 Å². The van der Waals surface area contributed by atoms with Crippen molar-refractivity contribution in [3.8, 4) is 0 Å². The van der Waals surface area contributed by atoms with E-state index in [1.54, 1.807) is 21.4 Å². The summed E-state index contributed by atoms with van der Waals surface area (Å²) in [6.45, 7) is 6.86. The molecule has 45 heavy (non-hydrogen) atoms. The highest BCUT2D eigenvalue weighted by molar-refractivity contribution is 7.17. The van der Waals surface area contributed by atoms with Gasteiger partial charge in [-0.25, -0.2) is 14.6 Å². The lowest BCUT2D eigenvalue weighted by molar-refractivity contribution is -0.142. The maximum Gasteiger partial charge on any atom is 0.271 e. The van der Waals surface area contributed by atoms with Gasteiger partial charge in [-0.15, -0.1) is 11.3 Å². The average molecular weight is 631 g/mol. The Labute approximate surface area is 265 Å². The topological polar surface area (TPSA) is 135 Å². The predicted molar refractivity (Wildman–Crippen MR) is 169 cm³/mol. The fourth-order valence-corrected chi connectivity index (χ4v) is 7.24. The Balaban J connectivity index is 1.37. The van der Waals surface area contributed by atoms with Crippen molar-refractivity contribution >= 4 is 34.0 Å². The van der Waals surface area contributed by atoms with E-state index in [0.29, 0.717) is 49.0 Å². The first-order chi connectivity index (χ1) is 21.7. The van der Waals surface area contributed by atoms with Gasteiger partial charge in [0.15, 0.2) is 4.96 Å². The zero-order valence-corrected chi connectivity index (χ0v) is 26.7. The molecule has 1 saturated heterocycles. The van der Waals surface area contributed by atoms with Crippen LogP contribution in [0.4, 0.5) is 0 Å². The molecule has 0 radical (unpaired) electrons. The minimum absolute atomic E-state index is 0.0128. The Bertz CT molecular complexity index is 1800. The van der Waals surface area contributed by atoms with E-state index in [9.17, 15) is 19.2 Å². The number of aromatic nitrogens is 5. The van der Waals surface area contributed by atoms with Crippen molar-refractivity contribution in [1.29, 1.82) is 0 Å². The molecule has 1 N–H and O–H groups in total. The second kappa shape index (κ2) is 12.9. The van der Waals surface area contributed by atoms with Gasteiger partial charge in [-0.2, -0.15) is 5.10 Å². The number of hydrogen-bond donors (Lipinski definition) is 1. The minimum atomic E-state index is -0.571. The van der Waals surface area contributed by atoms with Gasteiger partial charge in [0.1, 0.15) is 23.3 Å². The number of nitrogens with one attached hydrogen (secondary N) is 1. The molecule has 0 bridgehead atoms. The van der Waals surface area contributed by atoms with E-state index < -0.39 is 23.6 Å². The molecule has 0 aliphatic carbocycles. The van der Waals surface area contributed by atoms with Crippen LogP contribution in [0.3, 0.4) is 0 Å². The SMILES string of the molecule is Cc1nc2n(n1)CCN(C(=O)c1cnc3sc(C)c(C)n3c1=O)CCCC(=O)N1CCCC[C@H]1C(=O)N[C@@H]2Cc1ccccc1. The van der Waals surface area contributed by atoms with E-state index in [-0.39, 0.29) is 36.9 Å². The number of fused-ring (bicyclic) bond motifs is 3. The quantitative estimate of drug-likeness (QED) is 0.368. The van der Waals surface area contributed by atoms with Gasteiger partial charge in [-0.3, -0.25) is 23.6 Å². The van der Waals surface area contributed by atoms with E-state index in [0.717, 1.165) is 29.0 Å². The molecule has 0 saturated carbocycles. The Hall–Kier alpha value is -4.39. The number of hydrogen-bond acceptors (Lipinski definition) is 8. The predicted octanol–water partition coefficient (Wildman–Crippen LogP) is 2.99. The summed E-state index contributed by atoms with van der Waals surface area (Å²) in [7, 11) is 0. The van der Waals surface area contributed by atoms with Crippen molar-refractivity contribution in [3.63, 3.8) is 0 Å². The molecule has 3 aromatic heterocycles. The number of thiazole rings is 1. The zero-order chi connectivity index (χ0) is 31.7. The molecule has 2 aliphatic rings. The van der Waals surface area contributed by atoms with Gasteiger partial charge >= 0.3 is 0 Å². The number of benzene rings is 1. The molecule has 0 spiro atoms. The second-order valence-electron chi connectivity index (χ2n) is 11.8. The molecule has 1 aromatic carbocycles. The molecular weight excluding hydrogens is 592 g/mol. The van der Waals surface area contributed by atoms with Crippen LogP contribution in [0.5, 0.6) is 0 Å². The van der Waals surface area contributed by atoms with E-state index in [2.05, 4.69) is 15.4 Å². The van der Waals surface area contributed by atoms with E-state index in [1.165, 1.54) is 21.9 Å². The van der Waals surface area contributed by atoms with Gasteiger partial charge in [0.25, 0.3) is 11.5 Å². The molecule has 13 heteroatoms. The summed E-state index contributed by atoms with van der Waals surface area (Å²) in [5, 5.41) is 7.86. The first kappa shape index (κ1) is 30.6. The number of piperidine rings is 1. The van der Waals surface area contributed by atoms with Crippen molar-refractivity contribution in [2.75, 3.05) is 19.6 Å². The molecule has 3 amide bonds. The Morgan fingerprint density at radius 1 is 1.00 bits per heavy atom. The van der Waals surface area contributed by atoms with Gasteiger partial charge in [0.05, 0.1) is 12.6 Å². The van der Waals surface area contributed by atoms with Crippen molar-refractivity contribution in [2.24, 2.45) is 0 Å². The molecule has 0 unspecified atom stereocenters. The third kappa shape index (κ3) is 6.26. The zero-order valence-electron chi connectivity index (χ0n) is 25.9. The lowest BCUT2D eigenvalue weighted by atomic mass is 9.99. The molecule has 2 aliphatic heterocycles. The summed E-state index contributed by atoms with van der Waals surface area (Å²) < 4.78 is 3.24. The highest BCUT2D eigenvalue weighted by Crippen LogP contribution is 2.24. The van der Waals surface area contributed by atoms with Gasteiger partial charge in [0, 0.05) is 42.8 Å².